The Balaban J connectivity index is 2.46. The quantitative estimate of drug-likeness (QED) is 0.859. The molecule has 0 saturated carbocycles. The van der Waals surface area contributed by atoms with Gasteiger partial charge in [-0.15, -0.1) is 11.8 Å². The number of halogens is 1. The van der Waals surface area contributed by atoms with Gasteiger partial charge in [-0.25, -0.2) is 4.79 Å². The van der Waals surface area contributed by atoms with Gasteiger partial charge in [-0.1, -0.05) is 29.8 Å². The van der Waals surface area contributed by atoms with Gasteiger partial charge in [-0.3, -0.25) is 0 Å². The lowest BCUT2D eigenvalue weighted by molar-refractivity contribution is 0.0346. The molecule has 1 heterocycles. The van der Waals surface area contributed by atoms with E-state index >= 15 is 0 Å². The van der Waals surface area contributed by atoms with Crippen molar-refractivity contribution in [1.29, 1.82) is 0 Å². The minimum atomic E-state index is -0.721. The fraction of sp³-hybridized carbons (Fsp3) is 0.417. The Morgan fingerprint density at radius 2 is 2.29 bits per heavy atom. The third-order valence-electron chi connectivity index (χ3n) is 2.80. The normalized spacial score (nSPS) is 21.7. The van der Waals surface area contributed by atoms with Crippen molar-refractivity contribution < 1.29 is 9.53 Å². The van der Waals surface area contributed by atoms with Gasteiger partial charge in [0.05, 0.1) is 0 Å². The number of amides is 1. The molecule has 0 fully saturated rings. The van der Waals surface area contributed by atoms with Crippen molar-refractivity contribution in [3.05, 3.63) is 28.2 Å². The lowest BCUT2D eigenvalue weighted by atomic mass is 9.84. The zero-order valence-electron chi connectivity index (χ0n) is 9.70. The van der Waals surface area contributed by atoms with Crippen LogP contribution in [-0.4, -0.2) is 11.8 Å². The molecule has 1 aliphatic heterocycles. The number of primary amides is 1. The molecule has 1 aromatic carbocycles. The summed E-state index contributed by atoms with van der Waals surface area (Å²) >= 11 is 5.22. The van der Waals surface area contributed by atoms with E-state index in [0.717, 1.165) is 20.7 Å². The minimum absolute atomic E-state index is 0.118. The monoisotopic (exact) mass is 315 g/mol. The number of rotatable bonds is 1. The van der Waals surface area contributed by atoms with Crippen molar-refractivity contribution >= 4 is 33.8 Å². The first-order valence-corrected chi connectivity index (χ1v) is 7.06. The van der Waals surface area contributed by atoms with Gasteiger partial charge in [0.1, 0.15) is 6.10 Å². The molecule has 1 amide bonds. The van der Waals surface area contributed by atoms with Crippen LogP contribution < -0.4 is 5.73 Å². The number of nitrogens with two attached hydrogens (primary N) is 1. The highest BCUT2D eigenvalue weighted by molar-refractivity contribution is 9.10. The Hall–Kier alpha value is -0.680. The van der Waals surface area contributed by atoms with Crippen LogP contribution in [0.5, 0.6) is 0 Å². The second kappa shape index (κ2) is 4.53. The highest BCUT2D eigenvalue weighted by Crippen LogP contribution is 2.49. The molecule has 2 rings (SSSR count). The predicted octanol–water partition coefficient (Wildman–Crippen LogP) is 3.72. The van der Waals surface area contributed by atoms with E-state index in [1.165, 1.54) is 0 Å². The number of carbonyl (C=O) groups excluding carboxylic acids is 1. The highest BCUT2D eigenvalue weighted by Gasteiger charge is 2.39. The SMILES string of the molecule is CC1(C)CSc2ccc(Br)cc2C1OC(N)=O. The van der Waals surface area contributed by atoms with E-state index in [-0.39, 0.29) is 11.5 Å². The predicted molar refractivity (Wildman–Crippen MR) is 72.1 cm³/mol. The molecule has 0 saturated heterocycles. The minimum Gasteiger partial charge on any atom is -0.441 e. The fourth-order valence-corrected chi connectivity index (χ4v) is 3.51. The van der Waals surface area contributed by atoms with Gasteiger partial charge >= 0.3 is 6.09 Å². The van der Waals surface area contributed by atoms with E-state index in [0.29, 0.717) is 0 Å². The zero-order valence-corrected chi connectivity index (χ0v) is 12.1. The summed E-state index contributed by atoms with van der Waals surface area (Å²) in [5, 5.41) is 0. The van der Waals surface area contributed by atoms with E-state index in [1.807, 2.05) is 18.2 Å². The summed E-state index contributed by atoms with van der Waals surface area (Å²) in [7, 11) is 0. The van der Waals surface area contributed by atoms with Crippen molar-refractivity contribution in [2.75, 3.05) is 5.75 Å². The Labute approximate surface area is 113 Å². The summed E-state index contributed by atoms with van der Waals surface area (Å²) in [5.41, 5.74) is 6.07. The fourth-order valence-electron chi connectivity index (χ4n) is 1.96. The maximum Gasteiger partial charge on any atom is 0.405 e. The lowest BCUT2D eigenvalue weighted by Gasteiger charge is -2.38. The first kappa shape index (κ1) is 12.8. The molecule has 1 atom stereocenters. The summed E-state index contributed by atoms with van der Waals surface area (Å²) in [6.07, 6.45) is -1.00. The third-order valence-corrected chi connectivity index (χ3v) is 4.86. The first-order chi connectivity index (χ1) is 7.90. The molecular formula is C12H14BrNO2S. The van der Waals surface area contributed by atoms with Crippen LogP contribution in [0.2, 0.25) is 0 Å². The molecule has 1 aliphatic rings. The number of hydrogen-bond acceptors (Lipinski definition) is 3. The number of hydrogen-bond donors (Lipinski definition) is 1. The van der Waals surface area contributed by atoms with Crippen LogP contribution in [0, 0.1) is 5.41 Å². The van der Waals surface area contributed by atoms with E-state index in [4.69, 9.17) is 10.5 Å². The van der Waals surface area contributed by atoms with Crippen LogP contribution in [0.15, 0.2) is 27.6 Å². The standard InChI is InChI=1S/C12H14BrNO2S/c1-12(2)6-17-9-4-3-7(13)5-8(9)10(12)16-11(14)15/h3-5,10H,6H2,1-2H3,(H2,14,15). The average Bonchev–Trinajstić information content (AvgIpc) is 2.22. The zero-order chi connectivity index (χ0) is 12.6. The summed E-state index contributed by atoms with van der Waals surface area (Å²) in [6, 6.07) is 6.03. The molecular weight excluding hydrogens is 302 g/mol. The van der Waals surface area contributed by atoms with E-state index in [1.54, 1.807) is 11.8 Å². The molecule has 2 N–H and O–H groups in total. The second-order valence-electron chi connectivity index (χ2n) is 4.78. The molecule has 1 aromatic rings. The molecule has 5 heteroatoms. The van der Waals surface area contributed by atoms with Crippen LogP contribution >= 0.6 is 27.7 Å². The van der Waals surface area contributed by atoms with Crippen LogP contribution in [-0.2, 0) is 4.74 Å². The molecule has 92 valence electrons. The van der Waals surface area contributed by atoms with Gasteiger partial charge in [0.25, 0.3) is 0 Å². The Morgan fingerprint density at radius 1 is 1.59 bits per heavy atom. The van der Waals surface area contributed by atoms with Crippen LogP contribution in [0.25, 0.3) is 0 Å². The maximum atomic E-state index is 11.0. The van der Waals surface area contributed by atoms with E-state index in [2.05, 4.69) is 29.8 Å². The second-order valence-corrected chi connectivity index (χ2v) is 6.71. The molecule has 0 aromatic heterocycles. The smallest absolute Gasteiger partial charge is 0.405 e. The Bertz CT molecular complexity index is 462. The lowest BCUT2D eigenvalue weighted by Crippen LogP contribution is -2.33. The molecule has 0 spiro atoms. The maximum absolute atomic E-state index is 11.0. The van der Waals surface area contributed by atoms with Crippen molar-refractivity contribution in [2.45, 2.75) is 24.8 Å². The van der Waals surface area contributed by atoms with Crippen molar-refractivity contribution in [3.63, 3.8) is 0 Å². The Kier molecular flexibility index (Phi) is 3.41. The third kappa shape index (κ3) is 2.60. The number of ether oxygens (including phenoxy) is 1. The van der Waals surface area contributed by atoms with Crippen molar-refractivity contribution in [1.82, 2.24) is 0 Å². The van der Waals surface area contributed by atoms with Gasteiger partial charge < -0.3 is 10.5 Å². The molecule has 0 aliphatic carbocycles. The van der Waals surface area contributed by atoms with Crippen LogP contribution in [0.4, 0.5) is 4.79 Å². The van der Waals surface area contributed by atoms with Gasteiger partial charge in [0, 0.05) is 26.1 Å². The van der Waals surface area contributed by atoms with Gasteiger partial charge in [-0.05, 0) is 18.2 Å². The molecule has 1 unspecified atom stereocenters. The Morgan fingerprint density at radius 3 is 2.94 bits per heavy atom. The van der Waals surface area contributed by atoms with Crippen LogP contribution in [0.3, 0.4) is 0 Å². The molecule has 3 nitrogen and oxygen atoms in total. The highest BCUT2D eigenvalue weighted by atomic mass is 79.9. The molecule has 17 heavy (non-hydrogen) atoms. The van der Waals surface area contributed by atoms with Gasteiger partial charge in [-0.2, -0.15) is 0 Å². The largest absolute Gasteiger partial charge is 0.441 e. The molecule has 0 bridgehead atoms. The summed E-state index contributed by atoms with van der Waals surface area (Å²) in [5.74, 6) is 0.902. The van der Waals surface area contributed by atoms with Crippen molar-refractivity contribution in [3.8, 4) is 0 Å². The van der Waals surface area contributed by atoms with Gasteiger partial charge in [0.2, 0.25) is 0 Å². The number of thioether (sulfide) groups is 1. The first-order valence-electron chi connectivity index (χ1n) is 5.28. The average molecular weight is 316 g/mol. The summed E-state index contributed by atoms with van der Waals surface area (Å²) in [4.78, 5) is 12.2. The van der Waals surface area contributed by atoms with Crippen molar-refractivity contribution in [2.24, 2.45) is 11.1 Å². The van der Waals surface area contributed by atoms with Crippen LogP contribution in [0.1, 0.15) is 25.5 Å². The number of fused-ring (bicyclic) bond motifs is 1. The molecule has 0 radical (unpaired) electrons. The summed E-state index contributed by atoms with van der Waals surface area (Å²) < 4.78 is 6.27. The number of carbonyl (C=O) groups is 1. The van der Waals surface area contributed by atoms with E-state index in [9.17, 15) is 4.79 Å². The number of benzene rings is 1. The van der Waals surface area contributed by atoms with E-state index < -0.39 is 6.09 Å². The summed E-state index contributed by atoms with van der Waals surface area (Å²) in [6.45, 7) is 4.16. The van der Waals surface area contributed by atoms with Gasteiger partial charge in [0.15, 0.2) is 0 Å². The topological polar surface area (TPSA) is 52.3 Å².